The largest absolute Gasteiger partial charge is 0.320 e. The van der Waals surface area contributed by atoms with Gasteiger partial charge in [-0.25, -0.2) is 0 Å². The Kier molecular flexibility index (Phi) is 5.54. The number of allylic oxidation sites excluding steroid dienone is 1. The third-order valence-electron chi connectivity index (χ3n) is 7.46. The summed E-state index contributed by atoms with van der Waals surface area (Å²) in [6, 6.07) is 30.5. The smallest absolute Gasteiger partial charge is 0.0950 e. The first kappa shape index (κ1) is 22.4. The van der Waals surface area contributed by atoms with Gasteiger partial charge in [0, 0.05) is 49.3 Å². The van der Waals surface area contributed by atoms with E-state index in [0.717, 1.165) is 5.54 Å². The molecule has 33 heavy (non-hydrogen) atoms. The van der Waals surface area contributed by atoms with Gasteiger partial charge in [0.2, 0.25) is 0 Å². The van der Waals surface area contributed by atoms with Crippen LogP contribution in [0.2, 0.25) is 13.1 Å². The molecule has 3 aliphatic rings. The van der Waals surface area contributed by atoms with Crippen molar-refractivity contribution < 1.29 is 26.2 Å². The molecule has 3 heteroatoms. The van der Waals surface area contributed by atoms with Gasteiger partial charge >= 0.3 is 0 Å². The van der Waals surface area contributed by atoms with Gasteiger partial charge in [-0.05, 0) is 36.1 Å². The molecule has 5 aromatic rings. The van der Waals surface area contributed by atoms with E-state index < -0.39 is 8.07 Å². The van der Waals surface area contributed by atoms with Crippen molar-refractivity contribution in [3.05, 3.63) is 114 Å². The minimum Gasteiger partial charge on any atom is -0.320 e. The van der Waals surface area contributed by atoms with E-state index in [0.29, 0.717) is 0 Å². The van der Waals surface area contributed by atoms with Crippen molar-refractivity contribution in [2.24, 2.45) is 0 Å². The Morgan fingerprint density at radius 2 is 1.55 bits per heavy atom. The summed E-state index contributed by atoms with van der Waals surface area (Å²) >= 11 is 0. The number of para-hydroxylation sites is 1. The van der Waals surface area contributed by atoms with Crippen LogP contribution in [-0.2, 0) is 26.2 Å². The van der Waals surface area contributed by atoms with Crippen LogP contribution >= 0.6 is 0 Å². The van der Waals surface area contributed by atoms with Crippen molar-refractivity contribution in [1.82, 2.24) is 4.57 Å². The normalized spacial score (nSPS) is 17.3. The SMILES string of the molecule is CC1=C2c3ccn(-c4ccccc4)c3C1[Si]2(C)C.Cc1cc2c(ccc3ccccc32)[cH-]1.[Zr]. The molecular weight excluding hydrogens is 494 g/mol. The zero-order valence-electron chi connectivity index (χ0n) is 19.7. The van der Waals surface area contributed by atoms with Crippen molar-refractivity contribution in [2.75, 3.05) is 0 Å². The Balaban J connectivity index is 0.000000138. The van der Waals surface area contributed by atoms with Crippen LogP contribution in [-0.4, -0.2) is 12.6 Å². The first-order chi connectivity index (χ1) is 15.5. The maximum Gasteiger partial charge on any atom is 0.0950 e. The van der Waals surface area contributed by atoms with Crippen molar-refractivity contribution in [3.63, 3.8) is 0 Å². The molecule has 0 N–H and O–H groups in total. The second kappa shape index (κ2) is 8.15. The van der Waals surface area contributed by atoms with E-state index in [4.69, 9.17) is 0 Å². The van der Waals surface area contributed by atoms with E-state index in [2.05, 4.69) is 123 Å². The van der Waals surface area contributed by atoms with Crippen LogP contribution in [0.25, 0.3) is 32.4 Å². The van der Waals surface area contributed by atoms with E-state index in [9.17, 15) is 0 Å². The third kappa shape index (κ3) is 3.32. The monoisotopic (exact) mass is 520 g/mol. The maximum atomic E-state index is 2.51. The van der Waals surface area contributed by atoms with Crippen molar-refractivity contribution in [2.45, 2.75) is 32.5 Å². The fourth-order valence-electron chi connectivity index (χ4n) is 6.25. The van der Waals surface area contributed by atoms with E-state index in [1.807, 2.05) is 0 Å². The first-order valence-corrected chi connectivity index (χ1v) is 14.6. The quantitative estimate of drug-likeness (QED) is 0.155. The second-order valence-corrected chi connectivity index (χ2v) is 14.4. The number of hydrogen-bond donors (Lipinski definition) is 0. The molecule has 0 saturated carbocycles. The molecule has 1 aliphatic carbocycles. The summed E-state index contributed by atoms with van der Waals surface area (Å²) in [6.45, 7) is 9.49. The fourth-order valence-corrected chi connectivity index (χ4v) is 10.6. The van der Waals surface area contributed by atoms with Gasteiger partial charge in [-0.1, -0.05) is 84.7 Å². The topological polar surface area (TPSA) is 4.93 Å². The summed E-state index contributed by atoms with van der Waals surface area (Å²) in [6.07, 6.45) is 2.24. The minimum absolute atomic E-state index is 0. The summed E-state index contributed by atoms with van der Waals surface area (Å²) in [4.78, 5) is 0. The predicted octanol–water partition coefficient (Wildman–Crippen LogP) is 8.17. The predicted molar refractivity (Wildman–Crippen MR) is 140 cm³/mol. The molecule has 1 unspecified atom stereocenters. The van der Waals surface area contributed by atoms with Crippen LogP contribution in [0, 0.1) is 6.92 Å². The van der Waals surface area contributed by atoms with Crippen LogP contribution < -0.4 is 0 Å². The summed E-state index contributed by atoms with van der Waals surface area (Å²) in [5.41, 5.74) is 8.13. The molecule has 1 nitrogen and oxygen atoms in total. The molecule has 8 rings (SSSR count). The number of nitrogens with zero attached hydrogens (tertiary/aromatic N) is 1. The molecular formula is C30H28NSiZr-. The molecule has 0 amide bonds. The van der Waals surface area contributed by atoms with Gasteiger partial charge in [0.05, 0.1) is 8.07 Å². The van der Waals surface area contributed by atoms with Crippen LogP contribution in [0.4, 0.5) is 0 Å². The molecule has 1 aromatic heterocycles. The molecule has 4 aromatic carbocycles. The number of fused-ring (bicyclic) bond motifs is 3. The Hall–Kier alpha value is -2.35. The molecule has 162 valence electrons. The van der Waals surface area contributed by atoms with Gasteiger partial charge in [-0.3, -0.25) is 0 Å². The van der Waals surface area contributed by atoms with E-state index in [-0.39, 0.29) is 26.2 Å². The Bertz CT molecular complexity index is 1520. The average molecular weight is 522 g/mol. The van der Waals surface area contributed by atoms with Crippen LogP contribution in [0.5, 0.6) is 0 Å². The molecule has 2 bridgehead atoms. The van der Waals surface area contributed by atoms with Crippen molar-refractivity contribution in [1.29, 1.82) is 0 Å². The molecule has 0 saturated heterocycles. The summed E-state index contributed by atoms with van der Waals surface area (Å²) in [5, 5.41) is 7.13. The molecule has 2 aliphatic heterocycles. The maximum absolute atomic E-state index is 2.51. The number of rotatable bonds is 1. The van der Waals surface area contributed by atoms with E-state index in [1.54, 1.807) is 16.5 Å². The number of aryl methyl sites for hydroxylation is 1. The Morgan fingerprint density at radius 3 is 2.30 bits per heavy atom. The van der Waals surface area contributed by atoms with Gasteiger partial charge in [-0.15, -0.1) is 28.5 Å². The summed E-state index contributed by atoms with van der Waals surface area (Å²) in [5.74, 6) is 0. The van der Waals surface area contributed by atoms with Crippen molar-refractivity contribution in [3.8, 4) is 5.69 Å². The molecule has 0 spiro atoms. The van der Waals surface area contributed by atoms with Crippen LogP contribution in [0.1, 0.15) is 29.3 Å². The van der Waals surface area contributed by atoms with Crippen LogP contribution in [0.15, 0.2) is 96.7 Å². The Morgan fingerprint density at radius 1 is 0.818 bits per heavy atom. The first-order valence-electron chi connectivity index (χ1n) is 11.5. The van der Waals surface area contributed by atoms with E-state index >= 15 is 0 Å². The zero-order chi connectivity index (χ0) is 22.0. The zero-order valence-corrected chi connectivity index (χ0v) is 23.1. The average Bonchev–Trinajstić information content (AvgIpc) is 3.50. The molecule has 0 fully saturated rings. The Labute approximate surface area is 216 Å². The van der Waals surface area contributed by atoms with Gasteiger partial charge < -0.3 is 4.57 Å². The number of aromatic nitrogens is 1. The number of hydrogen-bond acceptors (Lipinski definition) is 0. The second-order valence-electron chi connectivity index (χ2n) is 9.86. The molecule has 3 heterocycles. The van der Waals surface area contributed by atoms with E-state index in [1.165, 1.54) is 38.4 Å². The van der Waals surface area contributed by atoms with Gasteiger partial charge in [0.25, 0.3) is 0 Å². The molecule has 0 radical (unpaired) electrons. The standard InChI is InChI=1S/C16H17NSi.C14H11.Zr/c1-11-15-13-9-10-17(12-7-5-4-6-8-12)14(13)16(11)18(15,2)3;1-10-8-12-7-6-11-4-2-3-5-13(11)14(12)9-10;/h4-10,16H,1-3H3;2-9H,1H3;/q;-1;. The van der Waals surface area contributed by atoms with Gasteiger partial charge in [0.15, 0.2) is 0 Å². The fraction of sp³-hybridized carbons (Fsp3) is 0.167. The van der Waals surface area contributed by atoms with Gasteiger partial charge in [-0.2, -0.15) is 6.07 Å². The summed E-state index contributed by atoms with van der Waals surface area (Å²) < 4.78 is 2.40. The van der Waals surface area contributed by atoms with Crippen molar-refractivity contribution >= 4 is 34.8 Å². The minimum atomic E-state index is -1.17. The summed E-state index contributed by atoms with van der Waals surface area (Å²) in [7, 11) is -1.17. The van der Waals surface area contributed by atoms with Crippen LogP contribution in [0.3, 0.4) is 0 Å². The number of benzene rings is 3. The molecule has 1 atom stereocenters. The van der Waals surface area contributed by atoms with Gasteiger partial charge in [0.1, 0.15) is 0 Å². The third-order valence-corrected chi connectivity index (χ3v) is 11.6.